The Kier molecular flexibility index (Phi) is 9.05. The van der Waals surface area contributed by atoms with E-state index in [1.165, 1.54) is 38.8 Å². The van der Waals surface area contributed by atoms with Crippen LogP contribution in [0.5, 0.6) is 0 Å². The van der Waals surface area contributed by atoms with Crippen LogP contribution in [0.3, 0.4) is 0 Å². The average Bonchev–Trinajstić information content (AvgIpc) is 2.78. The van der Waals surface area contributed by atoms with Gasteiger partial charge in [-0.25, -0.2) is 8.78 Å². The second kappa shape index (κ2) is 11.0. The predicted octanol–water partition coefficient (Wildman–Crippen LogP) is 6.22. The minimum absolute atomic E-state index is 0.00677. The smallest absolute Gasteiger partial charge is 0.113 e. The molecule has 0 aromatic heterocycles. The van der Waals surface area contributed by atoms with Crippen LogP contribution in [0.4, 0.5) is 8.78 Å². The summed E-state index contributed by atoms with van der Waals surface area (Å²) in [4.78, 5) is 7.68. The van der Waals surface area contributed by atoms with Crippen molar-refractivity contribution in [1.29, 1.82) is 0 Å². The minimum atomic E-state index is -0.677. The molecule has 2 atom stereocenters. The molecular formula is C27H51F2N3. The van der Waals surface area contributed by atoms with Crippen molar-refractivity contribution in [1.82, 2.24) is 14.7 Å². The lowest BCUT2D eigenvalue weighted by molar-refractivity contribution is -0.00140. The molecule has 3 nitrogen and oxygen atoms in total. The molecule has 3 heterocycles. The Balaban J connectivity index is 1.66. The Bertz CT molecular complexity index is 567. The molecule has 3 saturated heterocycles. The number of halogens is 2. The molecule has 0 bridgehead atoms. The van der Waals surface area contributed by atoms with Gasteiger partial charge >= 0.3 is 0 Å². The van der Waals surface area contributed by atoms with Crippen molar-refractivity contribution in [2.45, 2.75) is 134 Å². The van der Waals surface area contributed by atoms with Gasteiger partial charge in [-0.2, -0.15) is 0 Å². The zero-order chi connectivity index (χ0) is 23.4. The molecule has 5 heteroatoms. The molecule has 3 fully saturated rings. The Hall–Kier alpha value is -0.260. The average molecular weight is 456 g/mol. The fourth-order valence-electron chi connectivity index (χ4n) is 6.27. The van der Waals surface area contributed by atoms with Crippen molar-refractivity contribution >= 4 is 0 Å². The maximum atomic E-state index is 14.1. The SMILES string of the molecule is CC(C)(CCC(C)(CCC(C)(C)N1CCCC(F)C1)N1CCC(F)CC1)N1CCCCC1. The Labute approximate surface area is 197 Å². The van der Waals surface area contributed by atoms with E-state index in [1.54, 1.807) is 0 Å². The van der Waals surface area contributed by atoms with Gasteiger partial charge in [0.05, 0.1) is 0 Å². The fourth-order valence-corrected chi connectivity index (χ4v) is 6.27. The summed E-state index contributed by atoms with van der Waals surface area (Å²) >= 11 is 0. The van der Waals surface area contributed by atoms with Gasteiger partial charge in [0.1, 0.15) is 12.3 Å². The molecule has 0 N–H and O–H groups in total. The maximum Gasteiger partial charge on any atom is 0.113 e. The van der Waals surface area contributed by atoms with E-state index in [2.05, 4.69) is 49.3 Å². The largest absolute Gasteiger partial charge is 0.298 e. The van der Waals surface area contributed by atoms with Crippen LogP contribution >= 0.6 is 0 Å². The molecule has 3 rings (SSSR count). The highest BCUT2D eigenvalue weighted by molar-refractivity contribution is 4.96. The van der Waals surface area contributed by atoms with Crippen molar-refractivity contribution in [2.24, 2.45) is 0 Å². The van der Waals surface area contributed by atoms with Crippen LogP contribution in [-0.2, 0) is 0 Å². The van der Waals surface area contributed by atoms with E-state index in [4.69, 9.17) is 0 Å². The van der Waals surface area contributed by atoms with Crippen molar-refractivity contribution < 1.29 is 8.78 Å². The summed E-state index contributed by atoms with van der Waals surface area (Å²) in [6.07, 6.45) is 10.2. The first-order valence-corrected chi connectivity index (χ1v) is 13.6. The standard InChI is InChI=1S/C27H51F2N3/c1-25(2,30-17-7-6-8-18-30)13-15-27(5,31-20-11-23(28)12-21-31)16-14-26(3,4)32-19-9-10-24(29)22-32/h23-24H,6-22H2,1-5H3. The second-order valence-electron chi connectivity index (χ2n) is 12.5. The van der Waals surface area contributed by atoms with E-state index in [0.717, 1.165) is 45.3 Å². The molecule has 0 aromatic carbocycles. The number of hydrogen-bond acceptors (Lipinski definition) is 3. The van der Waals surface area contributed by atoms with E-state index < -0.39 is 12.3 Å². The second-order valence-corrected chi connectivity index (χ2v) is 12.5. The summed E-state index contributed by atoms with van der Waals surface area (Å²) in [5.74, 6) is 0. The van der Waals surface area contributed by atoms with Gasteiger partial charge in [0.15, 0.2) is 0 Å². The van der Waals surface area contributed by atoms with E-state index in [1.807, 2.05) is 0 Å². The topological polar surface area (TPSA) is 9.72 Å². The molecule has 0 aliphatic carbocycles. The van der Waals surface area contributed by atoms with Crippen molar-refractivity contribution in [3.8, 4) is 0 Å². The number of likely N-dealkylation sites (tertiary alicyclic amines) is 3. The number of rotatable bonds is 9. The lowest BCUT2D eigenvalue weighted by Crippen LogP contribution is -2.55. The molecule has 2 unspecified atom stereocenters. The monoisotopic (exact) mass is 455 g/mol. The van der Waals surface area contributed by atoms with Gasteiger partial charge in [-0.3, -0.25) is 14.7 Å². The van der Waals surface area contributed by atoms with E-state index in [0.29, 0.717) is 25.8 Å². The van der Waals surface area contributed by atoms with Crippen LogP contribution in [-0.4, -0.2) is 82.9 Å². The molecular weight excluding hydrogens is 404 g/mol. The summed E-state index contributed by atoms with van der Waals surface area (Å²) in [5.41, 5.74) is 0.298. The molecule has 188 valence electrons. The van der Waals surface area contributed by atoms with Gasteiger partial charge in [-0.1, -0.05) is 6.42 Å². The summed E-state index contributed by atoms with van der Waals surface area (Å²) in [6.45, 7) is 17.7. The molecule has 0 spiro atoms. The highest BCUT2D eigenvalue weighted by Gasteiger charge is 2.40. The van der Waals surface area contributed by atoms with Gasteiger partial charge in [0.25, 0.3) is 0 Å². The van der Waals surface area contributed by atoms with Crippen molar-refractivity contribution in [2.75, 3.05) is 39.3 Å². The molecule has 0 saturated carbocycles. The van der Waals surface area contributed by atoms with Crippen LogP contribution in [0.15, 0.2) is 0 Å². The highest BCUT2D eigenvalue weighted by atomic mass is 19.1. The van der Waals surface area contributed by atoms with Gasteiger partial charge in [0, 0.05) is 36.3 Å². The van der Waals surface area contributed by atoms with Gasteiger partial charge in [-0.15, -0.1) is 0 Å². The summed E-state index contributed by atoms with van der Waals surface area (Å²) in [7, 11) is 0. The van der Waals surface area contributed by atoms with Crippen LogP contribution in [0.1, 0.15) is 105 Å². The molecule has 0 aromatic rings. The lowest BCUT2D eigenvalue weighted by atomic mass is 9.78. The molecule has 3 aliphatic rings. The Morgan fingerprint density at radius 3 is 1.66 bits per heavy atom. The maximum absolute atomic E-state index is 14.1. The lowest BCUT2D eigenvalue weighted by Gasteiger charge is -2.50. The van der Waals surface area contributed by atoms with Crippen molar-refractivity contribution in [3.63, 3.8) is 0 Å². The van der Waals surface area contributed by atoms with Gasteiger partial charge in [0.2, 0.25) is 0 Å². The fraction of sp³-hybridized carbons (Fsp3) is 1.00. The normalized spacial score (nSPS) is 28.0. The van der Waals surface area contributed by atoms with E-state index >= 15 is 0 Å². The first-order chi connectivity index (χ1) is 15.0. The van der Waals surface area contributed by atoms with Crippen molar-refractivity contribution in [3.05, 3.63) is 0 Å². The summed E-state index contributed by atoms with van der Waals surface area (Å²) in [5, 5.41) is 0. The van der Waals surface area contributed by atoms with Crippen LogP contribution in [0.25, 0.3) is 0 Å². The third-order valence-corrected chi connectivity index (χ3v) is 9.17. The van der Waals surface area contributed by atoms with Crippen LogP contribution in [0.2, 0.25) is 0 Å². The number of nitrogens with zero attached hydrogens (tertiary/aromatic N) is 3. The summed E-state index contributed by atoms with van der Waals surface area (Å²) in [6, 6.07) is 0. The third kappa shape index (κ3) is 6.88. The third-order valence-electron chi connectivity index (χ3n) is 9.17. The molecule has 0 amide bonds. The van der Waals surface area contributed by atoms with Crippen LogP contribution in [0, 0.1) is 0 Å². The van der Waals surface area contributed by atoms with Gasteiger partial charge in [-0.05, 0) is 118 Å². The van der Waals surface area contributed by atoms with Gasteiger partial charge < -0.3 is 0 Å². The zero-order valence-electron chi connectivity index (χ0n) is 21.8. The molecule has 32 heavy (non-hydrogen) atoms. The zero-order valence-corrected chi connectivity index (χ0v) is 21.8. The number of hydrogen-bond donors (Lipinski definition) is 0. The number of alkyl halides is 2. The highest BCUT2D eigenvalue weighted by Crippen LogP contribution is 2.37. The minimum Gasteiger partial charge on any atom is -0.298 e. The summed E-state index contributed by atoms with van der Waals surface area (Å²) < 4.78 is 28.0. The van der Waals surface area contributed by atoms with E-state index in [9.17, 15) is 8.78 Å². The Morgan fingerprint density at radius 2 is 1.09 bits per heavy atom. The molecule has 3 aliphatic heterocycles. The predicted molar refractivity (Wildman–Crippen MR) is 132 cm³/mol. The number of piperidine rings is 3. The quantitative estimate of drug-likeness (QED) is 0.409. The van der Waals surface area contributed by atoms with E-state index in [-0.39, 0.29) is 16.6 Å². The van der Waals surface area contributed by atoms with Crippen LogP contribution < -0.4 is 0 Å². The first kappa shape index (κ1) is 26.3. The Morgan fingerprint density at radius 1 is 0.562 bits per heavy atom. The molecule has 0 radical (unpaired) electrons. The first-order valence-electron chi connectivity index (χ1n) is 13.6.